The van der Waals surface area contributed by atoms with Crippen molar-refractivity contribution in [3.8, 4) is 0 Å². The third kappa shape index (κ3) is 4.54. The maximum absolute atomic E-state index is 12.5. The highest BCUT2D eigenvalue weighted by Gasteiger charge is 2.23. The first-order valence-corrected chi connectivity index (χ1v) is 8.94. The van der Waals surface area contributed by atoms with Gasteiger partial charge in [0.15, 0.2) is 0 Å². The normalized spacial score (nSPS) is 16.9. The van der Waals surface area contributed by atoms with E-state index in [9.17, 15) is 4.79 Å². The van der Waals surface area contributed by atoms with Crippen LogP contribution in [0, 0.1) is 0 Å². The van der Waals surface area contributed by atoms with Gasteiger partial charge in [0.25, 0.3) is 5.91 Å². The van der Waals surface area contributed by atoms with Crippen molar-refractivity contribution >= 4 is 28.8 Å². The number of halogens is 1. The highest BCUT2D eigenvalue weighted by molar-refractivity contribution is 7.17. The van der Waals surface area contributed by atoms with Gasteiger partial charge in [-0.3, -0.25) is 4.79 Å². The summed E-state index contributed by atoms with van der Waals surface area (Å²) in [5.41, 5.74) is 1.13. The van der Waals surface area contributed by atoms with Crippen molar-refractivity contribution in [2.45, 2.75) is 6.04 Å². The summed E-state index contributed by atoms with van der Waals surface area (Å²) in [7, 11) is 0. The number of ether oxygens (including phenoxy) is 1. The fourth-order valence-electron chi connectivity index (χ4n) is 2.76. The molecule has 0 aliphatic carbocycles. The van der Waals surface area contributed by atoms with Crippen molar-refractivity contribution in [1.29, 1.82) is 0 Å². The Hall–Kier alpha value is -1.40. The number of morpholine rings is 1. The topological polar surface area (TPSA) is 42.8 Å². The predicted molar refractivity (Wildman–Crippen MR) is 92.4 cm³/mol. The van der Waals surface area contributed by atoms with Gasteiger partial charge < -0.3 is 15.0 Å². The minimum absolute atomic E-state index is 0.0160. The van der Waals surface area contributed by atoms with E-state index in [0.717, 1.165) is 38.4 Å². The van der Waals surface area contributed by atoms with E-state index in [1.807, 2.05) is 18.2 Å². The number of nitrogens with one attached hydrogen (secondary N) is 2. The number of hydrogen-bond donors (Lipinski definition) is 2. The molecule has 1 aromatic heterocycles. The summed E-state index contributed by atoms with van der Waals surface area (Å²) in [6.45, 7) is 4.38. The molecule has 23 heavy (non-hydrogen) atoms. The maximum atomic E-state index is 12.5. The zero-order valence-corrected chi connectivity index (χ0v) is 14.3. The lowest BCUT2D eigenvalue weighted by atomic mass is 10.1. The molecule has 0 spiro atoms. The van der Waals surface area contributed by atoms with Crippen molar-refractivity contribution in [2.75, 3.05) is 32.8 Å². The molecule has 1 aliphatic heterocycles. The molecule has 1 atom stereocenters. The van der Waals surface area contributed by atoms with Crippen molar-refractivity contribution in [2.24, 2.45) is 0 Å². The fourth-order valence-corrected chi connectivity index (χ4v) is 3.70. The number of carbonyl (C=O) groups is 1. The molecule has 1 saturated heterocycles. The Bertz CT molecular complexity index is 641. The number of carbonyl (C=O) groups excluding carboxylic acids is 1. The first kappa shape index (κ1) is 16.5. The summed E-state index contributed by atoms with van der Waals surface area (Å²) in [5.74, 6) is -0.0663. The molecule has 0 saturated carbocycles. The molecule has 0 unspecified atom stereocenters. The molecule has 1 aliphatic rings. The van der Waals surface area contributed by atoms with E-state index in [-0.39, 0.29) is 11.9 Å². The fraction of sp³-hybridized carbons (Fsp3) is 0.353. The van der Waals surface area contributed by atoms with Gasteiger partial charge in [-0.05, 0) is 17.7 Å². The molecule has 4 nitrogen and oxygen atoms in total. The zero-order valence-electron chi connectivity index (χ0n) is 12.8. The summed E-state index contributed by atoms with van der Waals surface area (Å²) in [4.78, 5) is 14.6. The molecule has 3 rings (SSSR count). The Kier molecular flexibility index (Phi) is 5.67. The van der Waals surface area contributed by atoms with Gasteiger partial charge >= 0.3 is 0 Å². The van der Waals surface area contributed by atoms with Gasteiger partial charge in [0.1, 0.15) is 25.7 Å². The first-order chi connectivity index (χ1) is 11.2. The quantitative estimate of drug-likeness (QED) is 0.862. The number of amides is 1. The summed E-state index contributed by atoms with van der Waals surface area (Å²) >= 11 is 7.24. The van der Waals surface area contributed by atoms with Crippen LogP contribution in [0.5, 0.6) is 0 Å². The van der Waals surface area contributed by atoms with Crippen LogP contribution in [0.1, 0.15) is 21.3 Å². The van der Waals surface area contributed by atoms with E-state index in [1.165, 1.54) is 16.2 Å². The van der Waals surface area contributed by atoms with Crippen LogP contribution in [-0.2, 0) is 4.74 Å². The standard InChI is InChI=1S/C17H19ClN2O2S/c18-16-7-6-15(23-16)17(21)19-14(13-4-2-1-3-5-13)12-20-8-10-22-11-9-20/h1-7,14H,8-12H2,(H,19,21)/p+1/t14-/m1/s1. The van der Waals surface area contributed by atoms with E-state index in [2.05, 4.69) is 17.4 Å². The number of benzene rings is 1. The van der Waals surface area contributed by atoms with Gasteiger partial charge in [-0.2, -0.15) is 0 Å². The van der Waals surface area contributed by atoms with Crippen LogP contribution in [0.25, 0.3) is 0 Å². The number of rotatable bonds is 5. The zero-order chi connectivity index (χ0) is 16.1. The van der Waals surface area contributed by atoms with Crippen LogP contribution >= 0.6 is 22.9 Å². The van der Waals surface area contributed by atoms with Gasteiger partial charge in [-0.15, -0.1) is 11.3 Å². The van der Waals surface area contributed by atoms with E-state index >= 15 is 0 Å². The van der Waals surface area contributed by atoms with E-state index < -0.39 is 0 Å². The molecule has 1 amide bonds. The molecule has 122 valence electrons. The lowest BCUT2D eigenvalue weighted by Crippen LogP contribution is -3.14. The molecule has 1 fully saturated rings. The van der Waals surface area contributed by atoms with Crippen LogP contribution < -0.4 is 10.2 Å². The van der Waals surface area contributed by atoms with Gasteiger partial charge in [-0.25, -0.2) is 0 Å². The molecule has 1 aromatic carbocycles. The highest BCUT2D eigenvalue weighted by atomic mass is 35.5. The number of thiophene rings is 1. The summed E-state index contributed by atoms with van der Waals surface area (Å²) in [5, 5.41) is 3.16. The Morgan fingerprint density at radius 3 is 2.61 bits per heavy atom. The summed E-state index contributed by atoms with van der Waals surface area (Å²) < 4.78 is 6.05. The van der Waals surface area contributed by atoms with E-state index in [4.69, 9.17) is 16.3 Å². The van der Waals surface area contributed by atoms with Gasteiger partial charge in [0, 0.05) is 0 Å². The highest BCUT2D eigenvalue weighted by Crippen LogP contribution is 2.22. The minimum Gasteiger partial charge on any atom is -0.370 e. The monoisotopic (exact) mass is 351 g/mol. The Morgan fingerprint density at radius 2 is 1.96 bits per heavy atom. The second-order valence-corrected chi connectivity index (χ2v) is 7.32. The molecule has 2 aromatic rings. The Morgan fingerprint density at radius 1 is 1.22 bits per heavy atom. The number of hydrogen-bond acceptors (Lipinski definition) is 3. The van der Waals surface area contributed by atoms with E-state index in [1.54, 1.807) is 12.1 Å². The minimum atomic E-state index is -0.0663. The van der Waals surface area contributed by atoms with Crippen molar-refractivity contribution in [3.05, 3.63) is 57.2 Å². The van der Waals surface area contributed by atoms with Crippen LogP contribution in [0.4, 0.5) is 0 Å². The van der Waals surface area contributed by atoms with Gasteiger partial charge in [0.05, 0.1) is 22.4 Å². The van der Waals surface area contributed by atoms with E-state index in [0.29, 0.717) is 9.21 Å². The second kappa shape index (κ2) is 7.93. The average Bonchev–Trinajstić information content (AvgIpc) is 3.03. The predicted octanol–water partition coefficient (Wildman–Crippen LogP) is 1.79. The van der Waals surface area contributed by atoms with Crippen molar-refractivity contribution < 1.29 is 14.4 Å². The van der Waals surface area contributed by atoms with Crippen LogP contribution in [-0.4, -0.2) is 38.8 Å². The smallest absolute Gasteiger partial charge is 0.262 e. The maximum Gasteiger partial charge on any atom is 0.262 e. The third-order valence-electron chi connectivity index (χ3n) is 4.00. The summed E-state index contributed by atoms with van der Waals surface area (Å²) in [6.07, 6.45) is 0. The molecular formula is C17H20ClN2O2S+. The molecular weight excluding hydrogens is 332 g/mol. The van der Waals surface area contributed by atoms with Gasteiger partial charge in [0.2, 0.25) is 0 Å². The molecule has 6 heteroatoms. The Labute approximate surface area is 145 Å². The molecule has 2 heterocycles. The van der Waals surface area contributed by atoms with Crippen molar-refractivity contribution in [1.82, 2.24) is 5.32 Å². The molecule has 0 bridgehead atoms. The largest absolute Gasteiger partial charge is 0.370 e. The lowest BCUT2D eigenvalue weighted by Gasteiger charge is -2.28. The van der Waals surface area contributed by atoms with Gasteiger partial charge in [-0.1, -0.05) is 41.9 Å². The summed E-state index contributed by atoms with van der Waals surface area (Å²) in [6, 6.07) is 13.6. The Balaban J connectivity index is 1.73. The first-order valence-electron chi connectivity index (χ1n) is 7.75. The molecule has 2 N–H and O–H groups in total. The second-order valence-electron chi connectivity index (χ2n) is 5.61. The average molecular weight is 352 g/mol. The molecule has 0 radical (unpaired) electrons. The van der Waals surface area contributed by atoms with Crippen LogP contribution in [0.15, 0.2) is 42.5 Å². The van der Waals surface area contributed by atoms with Crippen LogP contribution in [0.3, 0.4) is 0 Å². The number of quaternary nitrogens is 1. The third-order valence-corrected chi connectivity index (χ3v) is 5.23. The van der Waals surface area contributed by atoms with Crippen molar-refractivity contribution in [3.63, 3.8) is 0 Å². The SMILES string of the molecule is O=C(N[C@H](C[NH+]1CCOCC1)c1ccccc1)c1ccc(Cl)s1. The van der Waals surface area contributed by atoms with Crippen LogP contribution in [0.2, 0.25) is 4.34 Å². The lowest BCUT2D eigenvalue weighted by molar-refractivity contribution is -0.909.